The lowest BCUT2D eigenvalue weighted by Gasteiger charge is -2.13. The van der Waals surface area contributed by atoms with E-state index in [0.717, 1.165) is 0 Å². The molecule has 3 N–H and O–H groups in total. The van der Waals surface area contributed by atoms with Crippen LogP contribution in [0.5, 0.6) is 0 Å². The zero-order valence-electron chi connectivity index (χ0n) is 10.4. The SMILES string of the molecule is CC(C)NCCS(=O)(=O)NC(C)c1ncc[nH]1. The Morgan fingerprint density at radius 3 is 2.65 bits per heavy atom. The summed E-state index contributed by atoms with van der Waals surface area (Å²) in [6.45, 7) is 6.15. The van der Waals surface area contributed by atoms with Crippen molar-refractivity contribution in [2.75, 3.05) is 12.3 Å². The largest absolute Gasteiger partial charge is 0.347 e. The first-order valence-corrected chi connectivity index (χ1v) is 7.28. The molecule has 1 atom stereocenters. The minimum absolute atomic E-state index is 0.0657. The van der Waals surface area contributed by atoms with Gasteiger partial charge in [0, 0.05) is 25.0 Å². The highest BCUT2D eigenvalue weighted by molar-refractivity contribution is 7.89. The first-order chi connectivity index (χ1) is 7.91. The standard InChI is InChI=1S/C10H20N4O2S/c1-8(2)11-6-7-17(15,16)14-9(3)10-12-4-5-13-10/h4-5,8-9,11,14H,6-7H2,1-3H3,(H,12,13). The molecule has 0 radical (unpaired) electrons. The number of H-pyrrole nitrogens is 1. The minimum atomic E-state index is -3.28. The lowest BCUT2D eigenvalue weighted by molar-refractivity contribution is 0.551. The van der Waals surface area contributed by atoms with Gasteiger partial charge in [-0.2, -0.15) is 0 Å². The third-order valence-electron chi connectivity index (χ3n) is 2.21. The summed E-state index contributed by atoms with van der Waals surface area (Å²) in [5, 5.41) is 3.07. The number of hydrogen-bond acceptors (Lipinski definition) is 4. The molecule has 0 spiro atoms. The molecule has 0 bridgehead atoms. The Bertz CT molecular complexity index is 414. The molecule has 1 rings (SSSR count). The molecule has 7 heteroatoms. The molecule has 0 saturated heterocycles. The molecule has 1 unspecified atom stereocenters. The number of hydrogen-bond donors (Lipinski definition) is 3. The molecule has 0 amide bonds. The topological polar surface area (TPSA) is 86.9 Å². The van der Waals surface area contributed by atoms with Crippen molar-refractivity contribution in [1.29, 1.82) is 0 Å². The van der Waals surface area contributed by atoms with Crippen LogP contribution in [0.15, 0.2) is 12.4 Å². The molecule has 0 aliphatic carbocycles. The Morgan fingerprint density at radius 1 is 1.41 bits per heavy atom. The highest BCUT2D eigenvalue weighted by Crippen LogP contribution is 2.06. The van der Waals surface area contributed by atoms with E-state index >= 15 is 0 Å². The second kappa shape index (κ2) is 6.13. The molecule has 6 nitrogen and oxygen atoms in total. The average molecular weight is 260 g/mol. The van der Waals surface area contributed by atoms with Crippen molar-refractivity contribution in [1.82, 2.24) is 20.0 Å². The fraction of sp³-hybridized carbons (Fsp3) is 0.700. The molecule has 17 heavy (non-hydrogen) atoms. The molecule has 0 fully saturated rings. The van der Waals surface area contributed by atoms with E-state index < -0.39 is 10.0 Å². The number of aromatic nitrogens is 2. The molecule has 1 aromatic heterocycles. The van der Waals surface area contributed by atoms with Gasteiger partial charge in [0.15, 0.2) is 0 Å². The Labute approximate surface area is 102 Å². The second-order valence-corrected chi connectivity index (χ2v) is 6.12. The molecule has 0 aliphatic rings. The summed E-state index contributed by atoms with van der Waals surface area (Å²) >= 11 is 0. The number of rotatable bonds is 7. The van der Waals surface area contributed by atoms with E-state index in [1.54, 1.807) is 19.3 Å². The van der Waals surface area contributed by atoms with E-state index in [1.165, 1.54) is 0 Å². The molecule has 1 heterocycles. The van der Waals surface area contributed by atoms with E-state index in [1.807, 2.05) is 13.8 Å². The van der Waals surface area contributed by atoms with Crippen LogP contribution in [0.2, 0.25) is 0 Å². The highest BCUT2D eigenvalue weighted by Gasteiger charge is 2.16. The van der Waals surface area contributed by atoms with Gasteiger partial charge in [-0.05, 0) is 6.92 Å². The maximum absolute atomic E-state index is 11.7. The Balaban J connectivity index is 2.44. The van der Waals surface area contributed by atoms with Crippen LogP contribution in [0.3, 0.4) is 0 Å². The van der Waals surface area contributed by atoms with Crippen molar-refractivity contribution < 1.29 is 8.42 Å². The van der Waals surface area contributed by atoms with Crippen LogP contribution in [-0.2, 0) is 10.0 Å². The van der Waals surface area contributed by atoms with Crippen LogP contribution in [0.25, 0.3) is 0 Å². The van der Waals surface area contributed by atoms with Gasteiger partial charge >= 0.3 is 0 Å². The van der Waals surface area contributed by atoms with E-state index in [2.05, 4.69) is 20.0 Å². The maximum atomic E-state index is 11.7. The number of imidazole rings is 1. The lowest BCUT2D eigenvalue weighted by Crippen LogP contribution is -2.35. The molecular weight excluding hydrogens is 240 g/mol. The molecule has 0 aromatic carbocycles. The minimum Gasteiger partial charge on any atom is -0.347 e. The summed E-state index contributed by atoms with van der Waals surface area (Å²) in [5.41, 5.74) is 0. The monoisotopic (exact) mass is 260 g/mol. The van der Waals surface area contributed by atoms with Crippen LogP contribution < -0.4 is 10.0 Å². The fourth-order valence-corrected chi connectivity index (χ4v) is 2.54. The first-order valence-electron chi connectivity index (χ1n) is 5.63. The Morgan fingerprint density at radius 2 is 2.12 bits per heavy atom. The summed E-state index contributed by atoms with van der Waals surface area (Å²) in [6.07, 6.45) is 3.26. The van der Waals surface area contributed by atoms with Gasteiger partial charge in [0.25, 0.3) is 0 Å². The summed E-state index contributed by atoms with van der Waals surface area (Å²) in [7, 11) is -3.28. The molecular formula is C10H20N4O2S. The summed E-state index contributed by atoms with van der Waals surface area (Å²) in [6, 6.07) is -0.0539. The van der Waals surface area contributed by atoms with Crippen molar-refractivity contribution in [3.05, 3.63) is 18.2 Å². The predicted molar refractivity (Wildman–Crippen MR) is 67.1 cm³/mol. The summed E-state index contributed by atoms with van der Waals surface area (Å²) in [4.78, 5) is 6.89. The Kier molecular flexibility index (Phi) is 5.10. The van der Waals surface area contributed by atoms with Crippen molar-refractivity contribution >= 4 is 10.0 Å². The van der Waals surface area contributed by atoms with Crippen molar-refractivity contribution in [3.8, 4) is 0 Å². The number of aromatic amines is 1. The van der Waals surface area contributed by atoms with Gasteiger partial charge in [0.2, 0.25) is 10.0 Å². The third-order valence-corrected chi connectivity index (χ3v) is 3.66. The van der Waals surface area contributed by atoms with Gasteiger partial charge in [-0.3, -0.25) is 0 Å². The molecule has 98 valence electrons. The third kappa shape index (κ3) is 5.29. The lowest BCUT2D eigenvalue weighted by atomic mass is 10.3. The second-order valence-electron chi connectivity index (χ2n) is 4.24. The summed E-state index contributed by atoms with van der Waals surface area (Å²) in [5.74, 6) is 0.682. The number of nitrogens with zero attached hydrogens (tertiary/aromatic N) is 1. The Hall–Kier alpha value is -0.920. The first kappa shape index (κ1) is 14.1. The van der Waals surface area contributed by atoms with E-state index in [4.69, 9.17) is 0 Å². The molecule has 1 aromatic rings. The number of nitrogens with one attached hydrogen (secondary N) is 3. The van der Waals surface area contributed by atoms with E-state index in [9.17, 15) is 8.42 Å². The van der Waals surface area contributed by atoms with Crippen LogP contribution in [0, 0.1) is 0 Å². The molecule has 0 saturated carbocycles. The van der Waals surface area contributed by atoms with E-state index in [-0.39, 0.29) is 17.8 Å². The fourth-order valence-electron chi connectivity index (χ4n) is 1.38. The van der Waals surface area contributed by atoms with Gasteiger partial charge in [-0.15, -0.1) is 0 Å². The van der Waals surface area contributed by atoms with Crippen LogP contribution in [0.1, 0.15) is 32.6 Å². The zero-order chi connectivity index (χ0) is 12.9. The van der Waals surface area contributed by atoms with Crippen molar-refractivity contribution in [2.24, 2.45) is 0 Å². The van der Waals surface area contributed by atoms with Gasteiger partial charge in [-0.25, -0.2) is 18.1 Å². The van der Waals surface area contributed by atoms with Crippen LogP contribution in [0.4, 0.5) is 0 Å². The van der Waals surface area contributed by atoms with Crippen LogP contribution in [-0.4, -0.2) is 36.7 Å². The van der Waals surface area contributed by atoms with Gasteiger partial charge < -0.3 is 10.3 Å². The normalized spacial score (nSPS) is 14.1. The predicted octanol–water partition coefficient (Wildman–Crippen LogP) is 0.388. The quantitative estimate of drug-likeness (QED) is 0.662. The van der Waals surface area contributed by atoms with Gasteiger partial charge in [0.1, 0.15) is 5.82 Å². The van der Waals surface area contributed by atoms with Gasteiger partial charge in [0.05, 0.1) is 11.8 Å². The zero-order valence-corrected chi connectivity index (χ0v) is 11.2. The van der Waals surface area contributed by atoms with Crippen molar-refractivity contribution in [2.45, 2.75) is 32.9 Å². The molecule has 0 aliphatic heterocycles. The highest BCUT2D eigenvalue weighted by atomic mass is 32.2. The maximum Gasteiger partial charge on any atom is 0.213 e. The van der Waals surface area contributed by atoms with E-state index in [0.29, 0.717) is 12.4 Å². The number of sulfonamides is 1. The average Bonchev–Trinajstić information content (AvgIpc) is 2.68. The van der Waals surface area contributed by atoms with Crippen LogP contribution >= 0.6 is 0 Å². The van der Waals surface area contributed by atoms with Crippen molar-refractivity contribution in [3.63, 3.8) is 0 Å². The van der Waals surface area contributed by atoms with Gasteiger partial charge in [-0.1, -0.05) is 13.8 Å². The smallest absolute Gasteiger partial charge is 0.213 e. The summed E-state index contributed by atoms with van der Waals surface area (Å²) < 4.78 is 26.0.